The molecular weight excluding hydrogens is 288 g/mol. The van der Waals surface area contributed by atoms with Gasteiger partial charge in [-0.1, -0.05) is 30.3 Å². The van der Waals surface area contributed by atoms with E-state index >= 15 is 0 Å². The normalized spacial score (nSPS) is 9.14. The predicted octanol–water partition coefficient (Wildman–Crippen LogP) is 3.53. The molecule has 0 spiro atoms. The zero-order valence-corrected chi connectivity index (χ0v) is 11.9. The predicted molar refractivity (Wildman–Crippen MR) is 79.7 cm³/mol. The van der Waals surface area contributed by atoms with Gasteiger partial charge in [0.1, 0.15) is 17.1 Å². The first-order chi connectivity index (χ1) is 10.5. The fraction of sp³-hybridized carbons (Fsp3) is 0.125. The Kier molecular flexibility index (Phi) is 6.98. The number of rotatable bonds is 4. The van der Waals surface area contributed by atoms with Gasteiger partial charge in [-0.2, -0.15) is 0 Å². The molecular formula is C16H16O6. The van der Waals surface area contributed by atoms with Crippen molar-refractivity contribution in [2.45, 2.75) is 6.92 Å². The SMILES string of the molecule is CCOc1ccccc1C(=O)Oc1ccccc1.O=C(O)O. The third-order valence-electron chi connectivity index (χ3n) is 2.36. The number of esters is 1. The lowest BCUT2D eigenvalue weighted by Crippen LogP contribution is -2.10. The second-order valence-electron chi connectivity index (χ2n) is 3.91. The Hall–Kier alpha value is -3.02. The van der Waals surface area contributed by atoms with Crippen LogP contribution in [0.2, 0.25) is 0 Å². The fourth-order valence-corrected chi connectivity index (χ4v) is 1.57. The first-order valence-electron chi connectivity index (χ1n) is 6.45. The van der Waals surface area contributed by atoms with Crippen LogP contribution in [0.5, 0.6) is 11.5 Å². The summed E-state index contributed by atoms with van der Waals surface area (Å²) in [5, 5.41) is 13.9. The molecule has 0 aliphatic heterocycles. The monoisotopic (exact) mass is 304 g/mol. The lowest BCUT2D eigenvalue weighted by Gasteiger charge is -2.09. The Morgan fingerprint density at radius 3 is 2.09 bits per heavy atom. The van der Waals surface area contributed by atoms with E-state index in [1.807, 2.05) is 31.2 Å². The first kappa shape index (κ1) is 17.0. The molecule has 2 rings (SSSR count). The maximum atomic E-state index is 12.0. The van der Waals surface area contributed by atoms with Crippen LogP contribution in [-0.2, 0) is 0 Å². The largest absolute Gasteiger partial charge is 0.503 e. The van der Waals surface area contributed by atoms with Crippen LogP contribution in [0, 0.1) is 0 Å². The van der Waals surface area contributed by atoms with Crippen molar-refractivity contribution in [3.05, 3.63) is 60.2 Å². The highest BCUT2D eigenvalue weighted by Gasteiger charge is 2.13. The molecule has 0 fully saturated rings. The van der Waals surface area contributed by atoms with E-state index in [-0.39, 0.29) is 0 Å². The zero-order chi connectivity index (χ0) is 16.4. The van der Waals surface area contributed by atoms with E-state index in [4.69, 9.17) is 24.5 Å². The minimum absolute atomic E-state index is 0.412. The molecule has 0 aliphatic carbocycles. The summed E-state index contributed by atoms with van der Waals surface area (Å²) in [6.07, 6.45) is -1.83. The lowest BCUT2D eigenvalue weighted by atomic mass is 10.2. The standard InChI is InChI=1S/C15H14O3.CH2O3/c1-2-17-14-11-7-6-10-13(14)15(16)18-12-8-4-3-5-9-12;2-1(3)4/h3-11H,2H2,1H3;(H2,2,3,4). The van der Waals surface area contributed by atoms with Gasteiger partial charge in [0.25, 0.3) is 0 Å². The van der Waals surface area contributed by atoms with Crippen LogP contribution in [0.3, 0.4) is 0 Å². The van der Waals surface area contributed by atoms with Gasteiger partial charge in [0.2, 0.25) is 0 Å². The van der Waals surface area contributed by atoms with Crippen molar-refractivity contribution in [2.75, 3.05) is 6.61 Å². The third-order valence-corrected chi connectivity index (χ3v) is 2.36. The van der Waals surface area contributed by atoms with E-state index < -0.39 is 12.1 Å². The molecule has 0 heterocycles. The van der Waals surface area contributed by atoms with Crippen molar-refractivity contribution >= 4 is 12.1 Å². The summed E-state index contributed by atoms with van der Waals surface area (Å²) < 4.78 is 10.7. The van der Waals surface area contributed by atoms with Gasteiger partial charge in [0.05, 0.1) is 6.61 Å². The molecule has 0 radical (unpaired) electrons. The summed E-state index contributed by atoms with van der Waals surface area (Å²) in [4.78, 5) is 20.6. The van der Waals surface area contributed by atoms with Crippen molar-refractivity contribution in [1.82, 2.24) is 0 Å². The smallest absolute Gasteiger partial charge is 0.493 e. The number of hydrogen-bond donors (Lipinski definition) is 2. The molecule has 0 aromatic heterocycles. The number of benzene rings is 2. The zero-order valence-electron chi connectivity index (χ0n) is 11.9. The van der Waals surface area contributed by atoms with Gasteiger partial charge in [0.15, 0.2) is 0 Å². The van der Waals surface area contributed by atoms with Crippen LogP contribution >= 0.6 is 0 Å². The van der Waals surface area contributed by atoms with Gasteiger partial charge < -0.3 is 19.7 Å². The van der Waals surface area contributed by atoms with Gasteiger partial charge >= 0.3 is 12.1 Å². The highest BCUT2D eigenvalue weighted by Crippen LogP contribution is 2.20. The molecule has 116 valence electrons. The molecule has 6 heteroatoms. The molecule has 0 unspecified atom stereocenters. The molecule has 0 saturated heterocycles. The Morgan fingerprint density at radius 1 is 0.955 bits per heavy atom. The highest BCUT2D eigenvalue weighted by atomic mass is 16.6. The Bertz CT molecular complexity index is 605. The summed E-state index contributed by atoms with van der Waals surface area (Å²) in [6, 6.07) is 16.0. The molecule has 0 amide bonds. The molecule has 22 heavy (non-hydrogen) atoms. The Morgan fingerprint density at radius 2 is 1.50 bits per heavy atom. The number of para-hydroxylation sites is 2. The second kappa shape index (κ2) is 9.02. The van der Waals surface area contributed by atoms with Gasteiger partial charge in [-0.3, -0.25) is 0 Å². The quantitative estimate of drug-likeness (QED) is 0.663. The Labute approximate surface area is 127 Å². The average Bonchev–Trinajstić information content (AvgIpc) is 2.48. The maximum Gasteiger partial charge on any atom is 0.503 e. The summed E-state index contributed by atoms with van der Waals surface area (Å²) >= 11 is 0. The first-order valence-corrected chi connectivity index (χ1v) is 6.45. The maximum absolute atomic E-state index is 12.0. The van der Waals surface area contributed by atoms with Crippen molar-refractivity contribution in [3.8, 4) is 11.5 Å². The van der Waals surface area contributed by atoms with E-state index in [1.54, 1.807) is 30.3 Å². The van der Waals surface area contributed by atoms with Gasteiger partial charge in [-0.05, 0) is 31.2 Å². The number of carboxylic acid groups (broad SMARTS) is 2. The number of ether oxygens (including phenoxy) is 2. The molecule has 2 aromatic carbocycles. The molecule has 0 bridgehead atoms. The molecule has 6 nitrogen and oxygen atoms in total. The van der Waals surface area contributed by atoms with Crippen molar-refractivity contribution < 1.29 is 29.3 Å². The molecule has 2 N–H and O–H groups in total. The second-order valence-corrected chi connectivity index (χ2v) is 3.91. The molecule has 0 aliphatic rings. The van der Waals surface area contributed by atoms with Crippen molar-refractivity contribution in [3.63, 3.8) is 0 Å². The summed E-state index contributed by atoms with van der Waals surface area (Å²) in [6.45, 7) is 2.38. The summed E-state index contributed by atoms with van der Waals surface area (Å²) in [5.41, 5.74) is 0.434. The lowest BCUT2D eigenvalue weighted by molar-refractivity contribution is 0.0730. The van der Waals surface area contributed by atoms with Crippen LogP contribution in [0.25, 0.3) is 0 Å². The van der Waals surface area contributed by atoms with Crippen molar-refractivity contribution in [1.29, 1.82) is 0 Å². The van der Waals surface area contributed by atoms with Crippen LogP contribution in [0.15, 0.2) is 54.6 Å². The summed E-state index contributed by atoms with van der Waals surface area (Å²) in [5.74, 6) is 0.653. The van der Waals surface area contributed by atoms with Crippen LogP contribution < -0.4 is 9.47 Å². The minimum Gasteiger partial charge on any atom is -0.493 e. The third kappa shape index (κ3) is 5.96. The molecule has 0 saturated carbocycles. The van der Waals surface area contributed by atoms with Crippen molar-refractivity contribution in [2.24, 2.45) is 0 Å². The summed E-state index contributed by atoms with van der Waals surface area (Å²) in [7, 11) is 0. The number of carbonyl (C=O) groups is 2. The number of hydrogen-bond acceptors (Lipinski definition) is 4. The molecule has 0 atom stereocenters. The van der Waals surface area contributed by atoms with Crippen LogP contribution in [0.1, 0.15) is 17.3 Å². The number of carbonyl (C=O) groups excluding carboxylic acids is 1. The minimum atomic E-state index is -1.83. The van der Waals surface area contributed by atoms with E-state index in [2.05, 4.69) is 0 Å². The molecule has 2 aromatic rings. The fourth-order valence-electron chi connectivity index (χ4n) is 1.57. The highest BCUT2D eigenvalue weighted by molar-refractivity contribution is 5.93. The van der Waals surface area contributed by atoms with E-state index in [0.717, 1.165) is 0 Å². The van der Waals surface area contributed by atoms with Gasteiger partial charge in [-0.25, -0.2) is 9.59 Å². The topological polar surface area (TPSA) is 93.1 Å². The van der Waals surface area contributed by atoms with Gasteiger partial charge in [-0.15, -0.1) is 0 Å². The van der Waals surface area contributed by atoms with Crippen LogP contribution in [-0.4, -0.2) is 28.9 Å². The average molecular weight is 304 g/mol. The van der Waals surface area contributed by atoms with E-state index in [1.165, 1.54) is 0 Å². The Balaban J connectivity index is 0.000000541. The van der Waals surface area contributed by atoms with E-state index in [9.17, 15) is 4.79 Å². The van der Waals surface area contributed by atoms with E-state index in [0.29, 0.717) is 23.7 Å². The van der Waals surface area contributed by atoms with Crippen LogP contribution in [0.4, 0.5) is 4.79 Å². The van der Waals surface area contributed by atoms with Gasteiger partial charge in [0, 0.05) is 0 Å².